The molecule has 0 aromatic carbocycles. The smallest absolute Gasteiger partial charge is 0.307 e. The zero-order valence-electron chi connectivity index (χ0n) is 10.4. The fourth-order valence-corrected chi connectivity index (χ4v) is 2.03. The molecule has 1 saturated heterocycles. The normalized spacial score (nSPS) is 20.9. The lowest BCUT2D eigenvalue weighted by Crippen LogP contribution is -2.37. The van der Waals surface area contributed by atoms with Gasteiger partial charge in [0.05, 0.1) is 5.92 Å². The Morgan fingerprint density at radius 1 is 1.38 bits per heavy atom. The van der Waals surface area contributed by atoms with Gasteiger partial charge in [-0.1, -0.05) is 6.92 Å². The molecule has 16 heavy (non-hydrogen) atoms. The molecule has 0 saturated carbocycles. The highest BCUT2D eigenvalue weighted by Gasteiger charge is 2.18. The molecule has 1 aliphatic heterocycles. The number of hydrogen-bond acceptors (Lipinski definition) is 3. The van der Waals surface area contributed by atoms with Crippen LogP contribution in [0, 0.1) is 5.92 Å². The highest BCUT2D eigenvalue weighted by molar-refractivity contribution is 5.70. The molecule has 4 heteroatoms. The van der Waals surface area contributed by atoms with E-state index >= 15 is 0 Å². The maximum Gasteiger partial charge on any atom is 0.307 e. The van der Waals surface area contributed by atoms with Gasteiger partial charge < -0.3 is 15.3 Å². The van der Waals surface area contributed by atoms with Crippen LogP contribution in [0.1, 0.15) is 33.1 Å². The third-order valence-electron chi connectivity index (χ3n) is 3.46. The summed E-state index contributed by atoms with van der Waals surface area (Å²) in [4.78, 5) is 13.2. The van der Waals surface area contributed by atoms with Gasteiger partial charge >= 0.3 is 5.97 Å². The standard InChI is InChI=1S/C12H24N2O2/c1-10(12(15)16)11(2)13-6-5-9-14-7-3-4-8-14/h10-11,13H,3-9H2,1-2H3,(H,15,16). The molecule has 2 unspecified atom stereocenters. The monoisotopic (exact) mass is 228 g/mol. The van der Waals surface area contributed by atoms with E-state index in [0.29, 0.717) is 0 Å². The largest absolute Gasteiger partial charge is 0.481 e. The molecule has 0 bridgehead atoms. The Labute approximate surface area is 98.0 Å². The third-order valence-corrected chi connectivity index (χ3v) is 3.46. The van der Waals surface area contributed by atoms with Gasteiger partial charge in [-0.3, -0.25) is 4.79 Å². The zero-order chi connectivity index (χ0) is 12.0. The van der Waals surface area contributed by atoms with E-state index < -0.39 is 5.97 Å². The molecule has 1 fully saturated rings. The summed E-state index contributed by atoms with van der Waals surface area (Å²) in [5, 5.41) is 12.1. The van der Waals surface area contributed by atoms with Crippen molar-refractivity contribution in [2.24, 2.45) is 5.92 Å². The molecule has 94 valence electrons. The number of carbonyl (C=O) groups is 1. The second-order valence-electron chi connectivity index (χ2n) is 4.77. The lowest BCUT2D eigenvalue weighted by molar-refractivity contribution is -0.141. The van der Waals surface area contributed by atoms with Crippen molar-refractivity contribution in [2.45, 2.75) is 39.2 Å². The molecule has 0 radical (unpaired) electrons. The molecular weight excluding hydrogens is 204 g/mol. The topological polar surface area (TPSA) is 52.6 Å². The Balaban J connectivity index is 2.03. The Kier molecular flexibility index (Phi) is 5.77. The maximum atomic E-state index is 10.7. The van der Waals surface area contributed by atoms with Crippen LogP contribution in [0.15, 0.2) is 0 Å². The van der Waals surface area contributed by atoms with Crippen LogP contribution in [0.25, 0.3) is 0 Å². The summed E-state index contributed by atoms with van der Waals surface area (Å²) in [7, 11) is 0. The fourth-order valence-electron chi connectivity index (χ4n) is 2.03. The zero-order valence-corrected chi connectivity index (χ0v) is 10.4. The highest BCUT2D eigenvalue weighted by Crippen LogP contribution is 2.07. The Morgan fingerprint density at radius 2 is 2.00 bits per heavy atom. The van der Waals surface area contributed by atoms with Crippen molar-refractivity contribution in [2.75, 3.05) is 26.2 Å². The number of carboxylic acid groups (broad SMARTS) is 1. The van der Waals surface area contributed by atoms with Gasteiger partial charge in [-0.05, 0) is 52.4 Å². The van der Waals surface area contributed by atoms with Gasteiger partial charge in [0, 0.05) is 6.04 Å². The summed E-state index contributed by atoms with van der Waals surface area (Å²) < 4.78 is 0. The van der Waals surface area contributed by atoms with Crippen molar-refractivity contribution in [3.8, 4) is 0 Å². The van der Waals surface area contributed by atoms with Gasteiger partial charge in [-0.25, -0.2) is 0 Å². The van der Waals surface area contributed by atoms with Crippen LogP contribution < -0.4 is 5.32 Å². The predicted molar refractivity (Wildman–Crippen MR) is 64.6 cm³/mol. The minimum Gasteiger partial charge on any atom is -0.481 e. The first-order valence-corrected chi connectivity index (χ1v) is 6.30. The predicted octanol–water partition coefficient (Wildman–Crippen LogP) is 1.17. The second-order valence-corrected chi connectivity index (χ2v) is 4.77. The summed E-state index contributed by atoms with van der Waals surface area (Å²) in [6.45, 7) is 8.22. The average Bonchev–Trinajstić information content (AvgIpc) is 2.75. The van der Waals surface area contributed by atoms with Crippen molar-refractivity contribution in [3.05, 3.63) is 0 Å². The molecule has 0 aromatic rings. The number of rotatable bonds is 7. The van der Waals surface area contributed by atoms with Gasteiger partial charge in [-0.2, -0.15) is 0 Å². The minimum atomic E-state index is -0.723. The summed E-state index contributed by atoms with van der Waals surface area (Å²) in [6.07, 6.45) is 3.77. The quantitative estimate of drug-likeness (QED) is 0.642. The van der Waals surface area contributed by atoms with Crippen molar-refractivity contribution < 1.29 is 9.90 Å². The van der Waals surface area contributed by atoms with E-state index in [9.17, 15) is 4.79 Å². The molecule has 0 aliphatic carbocycles. The number of nitrogens with zero attached hydrogens (tertiary/aromatic N) is 1. The number of hydrogen-bond donors (Lipinski definition) is 2. The summed E-state index contributed by atoms with van der Waals surface area (Å²) in [6, 6.07) is 0.0519. The van der Waals surface area contributed by atoms with Crippen LogP contribution in [-0.2, 0) is 4.79 Å². The summed E-state index contributed by atoms with van der Waals surface area (Å²) >= 11 is 0. The maximum absolute atomic E-state index is 10.7. The van der Waals surface area contributed by atoms with E-state index in [-0.39, 0.29) is 12.0 Å². The molecule has 1 aliphatic rings. The lowest BCUT2D eigenvalue weighted by Gasteiger charge is -2.19. The fraction of sp³-hybridized carbons (Fsp3) is 0.917. The third kappa shape index (κ3) is 4.49. The average molecular weight is 228 g/mol. The SMILES string of the molecule is CC(NCCCN1CCCC1)C(C)C(=O)O. The van der Waals surface area contributed by atoms with Crippen molar-refractivity contribution in [1.29, 1.82) is 0 Å². The van der Waals surface area contributed by atoms with E-state index in [2.05, 4.69) is 10.2 Å². The van der Waals surface area contributed by atoms with Gasteiger partial charge in [0.15, 0.2) is 0 Å². The second kappa shape index (κ2) is 6.86. The summed E-state index contributed by atoms with van der Waals surface area (Å²) in [5.41, 5.74) is 0. The lowest BCUT2D eigenvalue weighted by atomic mass is 10.0. The molecule has 2 atom stereocenters. The van der Waals surface area contributed by atoms with Crippen LogP contribution in [0.2, 0.25) is 0 Å². The van der Waals surface area contributed by atoms with Crippen molar-refractivity contribution in [3.63, 3.8) is 0 Å². The van der Waals surface area contributed by atoms with E-state index in [1.54, 1.807) is 6.92 Å². The van der Waals surface area contributed by atoms with Crippen LogP contribution in [0.3, 0.4) is 0 Å². The number of nitrogens with one attached hydrogen (secondary N) is 1. The van der Waals surface area contributed by atoms with E-state index in [4.69, 9.17) is 5.11 Å². The van der Waals surface area contributed by atoms with Gasteiger partial charge in [0.2, 0.25) is 0 Å². The van der Waals surface area contributed by atoms with Crippen LogP contribution >= 0.6 is 0 Å². The molecule has 1 heterocycles. The van der Waals surface area contributed by atoms with E-state index in [1.165, 1.54) is 25.9 Å². The van der Waals surface area contributed by atoms with Gasteiger partial charge in [0.1, 0.15) is 0 Å². The van der Waals surface area contributed by atoms with E-state index in [1.807, 2.05) is 6.92 Å². The molecule has 2 N–H and O–H groups in total. The molecule has 0 spiro atoms. The molecule has 1 rings (SSSR count). The van der Waals surface area contributed by atoms with Crippen LogP contribution in [0.4, 0.5) is 0 Å². The number of aliphatic carboxylic acids is 1. The first-order chi connectivity index (χ1) is 7.61. The van der Waals surface area contributed by atoms with Crippen LogP contribution in [0.5, 0.6) is 0 Å². The molecule has 0 aromatic heterocycles. The van der Waals surface area contributed by atoms with Crippen molar-refractivity contribution >= 4 is 5.97 Å². The molecule has 0 amide bonds. The Hall–Kier alpha value is -0.610. The Morgan fingerprint density at radius 3 is 2.56 bits per heavy atom. The first-order valence-electron chi connectivity index (χ1n) is 6.30. The molecular formula is C12H24N2O2. The summed E-state index contributed by atoms with van der Waals surface area (Å²) in [5.74, 6) is -1.04. The van der Waals surface area contributed by atoms with Crippen LogP contribution in [-0.4, -0.2) is 48.2 Å². The van der Waals surface area contributed by atoms with E-state index in [0.717, 1.165) is 19.5 Å². The van der Waals surface area contributed by atoms with Crippen molar-refractivity contribution in [1.82, 2.24) is 10.2 Å². The van der Waals surface area contributed by atoms with Gasteiger partial charge in [-0.15, -0.1) is 0 Å². The number of likely N-dealkylation sites (tertiary alicyclic amines) is 1. The Bertz CT molecular complexity index is 215. The number of carboxylic acids is 1. The van der Waals surface area contributed by atoms with Gasteiger partial charge in [0.25, 0.3) is 0 Å². The highest BCUT2D eigenvalue weighted by atomic mass is 16.4. The minimum absolute atomic E-state index is 0.0519. The first kappa shape index (κ1) is 13.5. The molecule has 4 nitrogen and oxygen atoms in total.